The molecule has 7 heteroatoms. The number of anilines is 1. The second-order valence-electron chi connectivity index (χ2n) is 4.95. The number of amides is 1. The third-order valence-corrected chi connectivity index (χ3v) is 4.23. The number of unbranched alkanes of at least 4 members (excludes halogenated alkanes) is 2. The summed E-state index contributed by atoms with van der Waals surface area (Å²) in [6.45, 7) is 2.16. The minimum Gasteiger partial charge on any atom is -0.493 e. The molecule has 1 aromatic heterocycles. The molecule has 0 aliphatic rings. The lowest BCUT2D eigenvalue weighted by Gasteiger charge is -2.11. The van der Waals surface area contributed by atoms with Gasteiger partial charge < -0.3 is 9.47 Å². The number of hydrogen-bond donors (Lipinski definition) is 1. The van der Waals surface area contributed by atoms with Crippen LogP contribution in [0.25, 0.3) is 0 Å². The Kier molecular flexibility index (Phi) is 6.34. The van der Waals surface area contributed by atoms with Gasteiger partial charge in [-0.15, -0.1) is 10.2 Å². The lowest BCUT2D eigenvalue weighted by Crippen LogP contribution is -2.13. The Morgan fingerprint density at radius 1 is 1.22 bits per heavy atom. The van der Waals surface area contributed by atoms with Gasteiger partial charge in [0.15, 0.2) is 11.5 Å². The highest BCUT2D eigenvalue weighted by Crippen LogP contribution is 2.31. The molecule has 0 bridgehead atoms. The molecule has 1 heterocycles. The molecule has 2 rings (SSSR count). The van der Waals surface area contributed by atoms with Crippen LogP contribution in [0.2, 0.25) is 0 Å². The number of aryl methyl sites for hydroxylation is 1. The molecule has 124 valence electrons. The van der Waals surface area contributed by atoms with Crippen LogP contribution in [-0.2, 0) is 6.42 Å². The molecule has 0 spiro atoms. The topological polar surface area (TPSA) is 73.3 Å². The molecule has 0 aliphatic heterocycles. The molecule has 1 N–H and O–H groups in total. The van der Waals surface area contributed by atoms with Gasteiger partial charge in [0.1, 0.15) is 5.01 Å². The number of ether oxygens (including phenoxy) is 2. The standard InChI is InChI=1S/C16H21N3O3S/c1-4-5-6-10-13-18-19-16(23-13)17-15(20)11-8-7-9-12(21-2)14(11)22-3/h7-9H,4-6,10H2,1-3H3,(H,17,19,20). The summed E-state index contributed by atoms with van der Waals surface area (Å²) >= 11 is 1.40. The van der Waals surface area contributed by atoms with Crippen LogP contribution in [0, 0.1) is 0 Å². The van der Waals surface area contributed by atoms with Gasteiger partial charge in [-0.1, -0.05) is 37.2 Å². The monoisotopic (exact) mass is 335 g/mol. The number of carbonyl (C=O) groups excluding carboxylic acids is 1. The van der Waals surface area contributed by atoms with E-state index in [0.717, 1.165) is 24.3 Å². The summed E-state index contributed by atoms with van der Waals surface area (Å²) in [6.07, 6.45) is 4.31. The summed E-state index contributed by atoms with van der Waals surface area (Å²) in [5.41, 5.74) is 0.398. The first-order valence-electron chi connectivity index (χ1n) is 7.54. The Balaban J connectivity index is 2.07. The molecule has 0 radical (unpaired) electrons. The van der Waals surface area contributed by atoms with Crippen molar-refractivity contribution in [2.45, 2.75) is 32.6 Å². The van der Waals surface area contributed by atoms with Crippen molar-refractivity contribution in [3.05, 3.63) is 28.8 Å². The van der Waals surface area contributed by atoms with E-state index in [0.29, 0.717) is 22.2 Å². The van der Waals surface area contributed by atoms with Gasteiger partial charge in [0.2, 0.25) is 5.13 Å². The molecule has 23 heavy (non-hydrogen) atoms. The predicted molar refractivity (Wildman–Crippen MR) is 90.6 cm³/mol. The summed E-state index contributed by atoms with van der Waals surface area (Å²) in [5.74, 6) is 0.620. The largest absolute Gasteiger partial charge is 0.493 e. The van der Waals surface area contributed by atoms with Crippen molar-refractivity contribution < 1.29 is 14.3 Å². The van der Waals surface area contributed by atoms with Crippen molar-refractivity contribution in [3.8, 4) is 11.5 Å². The SMILES string of the molecule is CCCCCc1nnc(NC(=O)c2cccc(OC)c2OC)s1. The fraction of sp³-hybridized carbons (Fsp3) is 0.438. The zero-order chi connectivity index (χ0) is 16.7. The zero-order valence-electron chi connectivity index (χ0n) is 13.6. The smallest absolute Gasteiger partial charge is 0.261 e. The van der Waals surface area contributed by atoms with E-state index in [1.54, 1.807) is 18.2 Å². The van der Waals surface area contributed by atoms with Gasteiger partial charge in [-0.25, -0.2) is 0 Å². The third kappa shape index (κ3) is 4.41. The minimum absolute atomic E-state index is 0.294. The highest BCUT2D eigenvalue weighted by Gasteiger charge is 2.17. The van der Waals surface area contributed by atoms with E-state index in [1.807, 2.05) is 0 Å². The normalized spacial score (nSPS) is 10.4. The van der Waals surface area contributed by atoms with Crippen LogP contribution in [0.4, 0.5) is 5.13 Å². The summed E-state index contributed by atoms with van der Waals surface area (Å²) < 4.78 is 10.5. The van der Waals surface area contributed by atoms with Gasteiger partial charge in [0.05, 0.1) is 19.8 Å². The number of para-hydroxylation sites is 1. The molecule has 0 saturated heterocycles. The third-order valence-electron chi connectivity index (χ3n) is 3.33. The van der Waals surface area contributed by atoms with Crippen LogP contribution in [0.1, 0.15) is 41.6 Å². The van der Waals surface area contributed by atoms with Gasteiger partial charge >= 0.3 is 0 Å². The van der Waals surface area contributed by atoms with Crippen LogP contribution in [0.3, 0.4) is 0 Å². The predicted octanol–water partition coefficient (Wildman–Crippen LogP) is 3.54. The summed E-state index contributed by atoms with van der Waals surface area (Å²) in [4.78, 5) is 12.4. The number of nitrogens with one attached hydrogen (secondary N) is 1. The van der Waals surface area contributed by atoms with E-state index in [-0.39, 0.29) is 5.91 Å². The Morgan fingerprint density at radius 2 is 2.04 bits per heavy atom. The molecule has 6 nitrogen and oxygen atoms in total. The molecule has 1 aromatic carbocycles. The molecule has 0 unspecified atom stereocenters. The van der Waals surface area contributed by atoms with Crippen molar-refractivity contribution in [2.75, 3.05) is 19.5 Å². The van der Waals surface area contributed by atoms with Crippen LogP contribution in [-0.4, -0.2) is 30.3 Å². The summed E-state index contributed by atoms with van der Waals surface area (Å²) in [6, 6.07) is 5.17. The van der Waals surface area contributed by atoms with E-state index in [2.05, 4.69) is 22.4 Å². The summed E-state index contributed by atoms with van der Waals surface area (Å²) in [7, 11) is 3.04. The number of aromatic nitrogens is 2. The Labute approximate surface area is 139 Å². The second-order valence-corrected chi connectivity index (χ2v) is 6.02. The molecule has 1 amide bonds. The number of methoxy groups -OCH3 is 2. The molecule has 0 fully saturated rings. The first-order chi connectivity index (χ1) is 11.2. The van der Waals surface area contributed by atoms with Gasteiger partial charge in [0, 0.05) is 6.42 Å². The van der Waals surface area contributed by atoms with Crippen molar-refractivity contribution in [1.82, 2.24) is 10.2 Å². The van der Waals surface area contributed by atoms with Crippen LogP contribution < -0.4 is 14.8 Å². The van der Waals surface area contributed by atoms with E-state index in [1.165, 1.54) is 32.0 Å². The quantitative estimate of drug-likeness (QED) is 0.747. The first-order valence-corrected chi connectivity index (χ1v) is 8.36. The highest BCUT2D eigenvalue weighted by molar-refractivity contribution is 7.15. The lowest BCUT2D eigenvalue weighted by atomic mass is 10.1. The number of nitrogens with zero attached hydrogens (tertiary/aromatic N) is 2. The number of benzene rings is 1. The molecular formula is C16H21N3O3S. The van der Waals surface area contributed by atoms with Crippen molar-refractivity contribution in [1.29, 1.82) is 0 Å². The Bertz CT molecular complexity index is 658. The number of carbonyl (C=O) groups is 1. The van der Waals surface area contributed by atoms with E-state index >= 15 is 0 Å². The van der Waals surface area contributed by atoms with Gasteiger partial charge in [-0.3, -0.25) is 10.1 Å². The molecular weight excluding hydrogens is 314 g/mol. The molecule has 0 aliphatic carbocycles. The maximum atomic E-state index is 12.4. The van der Waals surface area contributed by atoms with Gasteiger partial charge in [0.25, 0.3) is 5.91 Å². The minimum atomic E-state index is -0.294. The van der Waals surface area contributed by atoms with Crippen molar-refractivity contribution in [3.63, 3.8) is 0 Å². The molecule has 0 saturated carbocycles. The van der Waals surface area contributed by atoms with Gasteiger partial charge in [-0.2, -0.15) is 0 Å². The average Bonchev–Trinajstić information content (AvgIpc) is 3.01. The molecule has 0 atom stereocenters. The summed E-state index contributed by atoms with van der Waals surface area (Å²) in [5, 5.41) is 12.3. The first kappa shape index (κ1) is 17.2. The maximum absolute atomic E-state index is 12.4. The van der Waals surface area contributed by atoms with Crippen molar-refractivity contribution >= 4 is 22.4 Å². The van der Waals surface area contributed by atoms with Crippen molar-refractivity contribution in [2.24, 2.45) is 0 Å². The maximum Gasteiger partial charge on any atom is 0.261 e. The lowest BCUT2D eigenvalue weighted by molar-refractivity contribution is 0.102. The number of hydrogen-bond acceptors (Lipinski definition) is 6. The number of rotatable bonds is 8. The van der Waals surface area contributed by atoms with E-state index < -0.39 is 0 Å². The van der Waals surface area contributed by atoms with E-state index in [9.17, 15) is 4.79 Å². The molecule has 2 aromatic rings. The Hall–Kier alpha value is -2.15. The fourth-order valence-electron chi connectivity index (χ4n) is 2.16. The van der Waals surface area contributed by atoms with Crippen LogP contribution in [0.15, 0.2) is 18.2 Å². The van der Waals surface area contributed by atoms with Crippen LogP contribution >= 0.6 is 11.3 Å². The average molecular weight is 335 g/mol. The van der Waals surface area contributed by atoms with E-state index in [4.69, 9.17) is 9.47 Å². The fourth-order valence-corrected chi connectivity index (χ4v) is 2.94. The zero-order valence-corrected chi connectivity index (χ0v) is 14.4. The second kappa shape index (κ2) is 8.47. The van der Waals surface area contributed by atoms with Gasteiger partial charge in [-0.05, 0) is 18.6 Å². The van der Waals surface area contributed by atoms with Crippen LogP contribution in [0.5, 0.6) is 11.5 Å². The highest BCUT2D eigenvalue weighted by atomic mass is 32.1. The Morgan fingerprint density at radius 3 is 2.74 bits per heavy atom.